The van der Waals surface area contributed by atoms with E-state index in [1.807, 2.05) is 11.8 Å². The number of hydrogen-bond acceptors (Lipinski definition) is 2. The maximum atomic E-state index is 11.0. The van der Waals surface area contributed by atoms with Gasteiger partial charge in [-0.2, -0.15) is 11.8 Å². The Balaban J connectivity index is 2.53. The van der Waals surface area contributed by atoms with E-state index in [9.17, 15) is 4.79 Å². The minimum absolute atomic E-state index is 0.115. The van der Waals surface area contributed by atoms with Crippen molar-refractivity contribution in [1.29, 1.82) is 0 Å². The van der Waals surface area contributed by atoms with Crippen molar-refractivity contribution >= 4 is 17.7 Å². The molecule has 1 amide bonds. The molecule has 0 aromatic rings. The highest BCUT2D eigenvalue weighted by Gasteiger charge is 2.30. The van der Waals surface area contributed by atoms with Gasteiger partial charge in [-0.25, -0.2) is 0 Å². The van der Waals surface area contributed by atoms with E-state index in [1.54, 1.807) is 6.92 Å². The SMILES string of the molecule is CCC1(NC(C)=O)CCSCC1. The van der Waals surface area contributed by atoms with Crippen LogP contribution in [0.4, 0.5) is 0 Å². The van der Waals surface area contributed by atoms with Gasteiger partial charge in [-0.1, -0.05) is 6.92 Å². The first kappa shape index (κ1) is 9.90. The van der Waals surface area contributed by atoms with Crippen LogP contribution < -0.4 is 5.32 Å². The Kier molecular flexibility index (Phi) is 3.44. The lowest BCUT2D eigenvalue weighted by atomic mass is 9.89. The van der Waals surface area contributed by atoms with Gasteiger partial charge in [0, 0.05) is 12.5 Å². The van der Waals surface area contributed by atoms with Crippen molar-refractivity contribution in [3.05, 3.63) is 0 Å². The summed E-state index contributed by atoms with van der Waals surface area (Å²) in [5, 5.41) is 3.09. The topological polar surface area (TPSA) is 29.1 Å². The number of thioether (sulfide) groups is 1. The Morgan fingerprint density at radius 2 is 2.08 bits per heavy atom. The summed E-state index contributed by atoms with van der Waals surface area (Å²) in [6.45, 7) is 3.77. The molecular weight excluding hydrogens is 170 g/mol. The largest absolute Gasteiger partial charge is 0.351 e. The van der Waals surface area contributed by atoms with Gasteiger partial charge in [-0.15, -0.1) is 0 Å². The van der Waals surface area contributed by atoms with E-state index in [4.69, 9.17) is 0 Å². The second kappa shape index (κ2) is 4.17. The second-order valence-corrected chi connectivity index (χ2v) is 4.65. The van der Waals surface area contributed by atoms with Crippen LogP contribution in [0, 0.1) is 0 Å². The first-order chi connectivity index (χ1) is 5.68. The van der Waals surface area contributed by atoms with Gasteiger partial charge in [-0.05, 0) is 30.8 Å². The zero-order chi connectivity index (χ0) is 9.03. The molecule has 1 aliphatic rings. The van der Waals surface area contributed by atoms with Gasteiger partial charge in [0.15, 0.2) is 0 Å². The lowest BCUT2D eigenvalue weighted by molar-refractivity contribution is -0.121. The van der Waals surface area contributed by atoms with Crippen molar-refractivity contribution in [3.63, 3.8) is 0 Å². The third-order valence-electron chi connectivity index (χ3n) is 2.57. The molecule has 0 aromatic carbocycles. The number of carbonyl (C=O) groups excluding carboxylic acids is 1. The predicted octanol–water partition coefficient (Wildman–Crippen LogP) is 1.80. The third-order valence-corrected chi connectivity index (χ3v) is 3.55. The Morgan fingerprint density at radius 3 is 2.50 bits per heavy atom. The maximum absolute atomic E-state index is 11.0. The summed E-state index contributed by atoms with van der Waals surface area (Å²) in [4.78, 5) is 11.0. The monoisotopic (exact) mass is 187 g/mol. The first-order valence-electron chi connectivity index (χ1n) is 4.55. The van der Waals surface area contributed by atoms with Gasteiger partial charge in [0.25, 0.3) is 0 Å². The molecule has 1 fully saturated rings. The minimum atomic E-state index is 0.115. The van der Waals surface area contributed by atoms with E-state index in [2.05, 4.69) is 12.2 Å². The summed E-state index contributed by atoms with van der Waals surface area (Å²) < 4.78 is 0. The molecular formula is C9H17NOS. The van der Waals surface area contributed by atoms with Crippen molar-refractivity contribution in [3.8, 4) is 0 Å². The molecule has 0 saturated carbocycles. The molecule has 0 bridgehead atoms. The van der Waals surface area contributed by atoms with Crippen LogP contribution >= 0.6 is 11.8 Å². The molecule has 0 aliphatic carbocycles. The zero-order valence-corrected chi connectivity index (χ0v) is 8.67. The quantitative estimate of drug-likeness (QED) is 0.714. The minimum Gasteiger partial charge on any atom is -0.351 e. The molecule has 0 atom stereocenters. The lowest BCUT2D eigenvalue weighted by Crippen LogP contribution is -2.49. The zero-order valence-electron chi connectivity index (χ0n) is 7.85. The first-order valence-corrected chi connectivity index (χ1v) is 5.70. The second-order valence-electron chi connectivity index (χ2n) is 3.43. The number of carbonyl (C=O) groups is 1. The van der Waals surface area contributed by atoms with Gasteiger partial charge in [-0.3, -0.25) is 4.79 Å². The molecule has 70 valence electrons. The van der Waals surface area contributed by atoms with Gasteiger partial charge in [0.2, 0.25) is 5.91 Å². The van der Waals surface area contributed by atoms with Crippen molar-refractivity contribution in [2.24, 2.45) is 0 Å². The highest BCUT2D eigenvalue weighted by Crippen LogP contribution is 2.29. The molecule has 1 N–H and O–H groups in total. The van der Waals surface area contributed by atoms with Crippen LogP contribution in [0.15, 0.2) is 0 Å². The van der Waals surface area contributed by atoms with Crippen LogP contribution in [0.5, 0.6) is 0 Å². The van der Waals surface area contributed by atoms with Crippen molar-refractivity contribution in [2.45, 2.75) is 38.6 Å². The van der Waals surface area contributed by atoms with E-state index < -0.39 is 0 Å². The predicted molar refractivity (Wildman–Crippen MR) is 53.4 cm³/mol. The van der Waals surface area contributed by atoms with Gasteiger partial charge in [0.1, 0.15) is 0 Å². The molecule has 1 aliphatic heterocycles. The Hall–Kier alpha value is -0.180. The van der Waals surface area contributed by atoms with Crippen LogP contribution in [0.25, 0.3) is 0 Å². The van der Waals surface area contributed by atoms with E-state index in [0.717, 1.165) is 19.3 Å². The molecule has 12 heavy (non-hydrogen) atoms. The van der Waals surface area contributed by atoms with Crippen LogP contribution in [0.1, 0.15) is 33.1 Å². The summed E-state index contributed by atoms with van der Waals surface area (Å²) in [5.74, 6) is 2.49. The Bertz CT molecular complexity index is 164. The molecule has 1 saturated heterocycles. The Morgan fingerprint density at radius 1 is 1.50 bits per heavy atom. The van der Waals surface area contributed by atoms with Gasteiger partial charge < -0.3 is 5.32 Å². The smallest absolute Gasteiger partial charge is 0.217 e. The molecule has 1 heterocycles. The fourth-order valence-corrected chi connectivity index (χ4v) is 2.98. The average molecular weight is 187 g/mol. The fraction of sp³-hybridized carbons (Fsp3) is 0.889. The molecule has 0 unspecified atom stereocenters. The van der Waals surface area contributed by atoms with Gasteiger partial charge in [0.05, 0.1) is 0 Å². The van der Waals surface area contributed by atoms with E-state index in [-0.39, 0.29) is 11.4 Å². The molecule has 3 heteroatoms. The maximum Gasteiger partial charge on any atom is 0.217 e. The van der Waals surface area contributed by atoms with E-state index >= 15 is 0 Å². The summed E-state index contributed by atoms with van der Waals surface area (Å²) in [6, 6.07) is 0. The average Bonchev–Trinajstić information content (AvgIpc) is 2.05. The van der Waals surface area contributed by atoms with E-state index in [1.165, 1.54) is 11.5 Å². The summed E-state index contributed by atoms with van der Waals surface area (Å²) in [6.07, 6.45) is 3.33. The van der Waals surface area contributed by atoms with Crippen LogP contribution in [0.2, 0.25) is 0 Å². The standard InChI is InChI=1S/C9H17NOS/c1-3-9(10-8(2)11)4-6-12-7-5-9/h3-7H2,1-2H3,(H,10,11). The fourth-order valence-electron chi connectivity index (χ4n) is 1.70. The number of amides is 1. The molecule has 0 radical (unpaired) electrons. The van der Waals surface area contributed by atoms with Crippen molar-refractivity contribution < 1.29 is 4.79 Å². The van der Waals surface area contributed by atoms with Crippen molar-refractivity contribution in [2.75, 3.05) is 11.5 Å². The summed E-state index contributed by atoms with van der Waals surface area (Å²) >= 11 is 1.99. The highest BCUT2D eigenvalue weighted by molar-refractivity contribution is 7.99. The molecule has 1 rings (SSSR count). The van der Waals surface area contributed by atoms with E-state index in [0.29, 0.717) is 0 Å². The summed E-state index contributed by atoms with van der Waals surface area (Å²) in [5.41, 5.74) is 0.122. The van der Waals surface area contributed by atoms with Crippen molar-refractivity contribution in [1.82, 2.24) is 5.32 Å². The normalized spacial score (nSPS) is 21.8. The highest BCUT2D eigenvalue weighted by atomic mass is 32.2. The molecule has 0 spiro atoms. The Labute approximate surface area is 78.5 Å². The lowest BCUT2D eigenvalue weighted by Gasteiger charge is -2.36. The molecule has 0 aromatic heterocycles. The van der Waals surface area contributed by atoms with Crippen LogP contribution in [-0.4, -0.2) is 23.0 Å². The van der Waals surface area contributed by atoms with Gasteiger partial charge >= 0.3 is 0 Å². The third kappa shape index (κ3) is 2.41. The number of hydrogen-bond donors (Lipinski definition) is 1. The summed E-state index contributed by atoms with van der Waals surface area (Å²) in [7, 11) is 0. The van der Waals surface area contributed by atoms with Crippen LogP contribution in [0.3, 0.4) is 0 Å². The number of nitrogens with one attached hydrogen (secondary N) is 1. The molecule has 2 nitrogen and oxygen atoms in total. The van der Waals surface area contributed by atoms with Crippen LogP contribution in [-0.2, 0) is 4.79 Å². The number of rotatable bonds is 2.